The first-order valence-corrected chi connectivity index (χ1v) is 8.32. The zero-order chi connectivity index (χ0) is 14.4. The molecule has 0 radical (unpaired) electrons. The largest absolute Gasteiger partial charge is 0.323 e. The predicted octanol–water partition coefficient (Wildman–Crippen LogP) is 5.36. The number of hydrogen-bond acceptors (Lipinski definition) is 2. The van der Waals surface area contributed by atoms with E-state index in [1.54, 1.807) is 0 Å². The first-order chi connectivity index (χ1) is 9.72. The minimum Gasteiger partial charge on any atom is -0.323 e. The van der Waals surface area contributed by atoms with E-state index in [0.717, 1.165) is 27.5 Å². The van der Waals surface area contributed by atoms with Gasteiger partial charge in [-0.15, -0.1) is 0 Å². The van der Waals surface area contributed by atoms with Gasteiger partial charge in [-0.1, -0.05) is 57.2 Å². The molecule has 0 saturated carbocycles. The zero-order valence-electron chi connectivity index (χ0n) is 12.1. The molecular formula is C17H23BrN2. The molecular weight excluding hydrogens is 312 g/mol. The van der Waals surface area contributed by atoms with Crippen LogP contribution in [0.25, 0.3) is 10.9 Å². The molecule has 0 saturated heterocycles. The molecule has 0 aliphatic heterocycles. The van der Waals surface area contributed by atoms with Crippen molar-refractivity contribution in [1.29, 1.82) is 0 Å². The fourth-order valence-corrected chi connectivity index (χ4v) is 3.10. The van der Waals surface area contributed by atoms with Gasteiger partial charge >= 0.3 is 0 Å². The van der Waals surface area contributed by atoms with Gasteiger partial charge in [0, 0.05) is 15.9 Å². The van der Waals surface area contributed by atoms with E-state index >= 15 is 0 Å². The lowest BCUT2D eigenvalue weighted by Crippen LogP contribution is -2.13. The molecule has 0 bridgehead atoms. The van der Waals surface area contributed by atoms with Crippen LogP contribution in [-0.4, -0.2) is 4.98 Å². The second-order valence-electron chi connectivity index (χ2n) is 5.36. The van der Waals surface area contributed by atoms with Crippen LogP contribution in [0.3, 0.4) is 0 Å². The number of aromatic nitrogens is 1. The number of unbranched alkanes of at least 4 members (excludes halogenated alkanes) is 4. The Kier molecular flexibility index (Phi) is 5.99. The number of para-hydroxylation sites is 1. The number of nitrogens with zero attached hydrogens (tertiary/aromatic N) is 1. The van der Waals surface area contributed by atoms with E-state index in [0.29, 0.717) is 0 Å². The lowest BCUT2D eigenvalue weighted by molar-refractivity contribution is 0.547. The number of nitrogens with two attached hydrogens (primary N) is 1. The first kappa shape index (κ1) is 15.5. The molecule has 1 atom stereocenters. The van der Waals surface area contributed by atoms with Crippen LogP contribution in [0.15, 0.2) is 34.8 Å². The predicted molar refractivity (Wildman–Crippen MR) is 89.7 cm³/mol. The van der Waals surface area contributed by atoms with E-state index in [1.807, 2.05) is 18.2 Å². The number of fused-ring (bicyclic) bond motifs is 1. The van der Waals surface area contributed by atoms with E-state index in [1.165, 1.54) is 32.1 Å². The SMILES string of the molecule is CCCCCCCC(N)c1nc2ccccc2cc1Br. The van der Waals surface area contributed by atoms with E-state index in [4.69, 9.17) is 10.7 Å². The second-order valence-corrected chi connectivity index (χ2v) is 6.21. The third kappa shape index (κ3) is 4.03. The topological polar surface area (TPSA) is 38.9 Å². The van der Waals surface area contributed by atoms with Crippen LogP contribution in [0.2, 0.25) is 0 Å². The molecule has 0 aliphatic carbocycles. The number of hydrogen-bond donors (Lipinski definition) is 1. The van der Waals surface area contributed by atoms with E-state index < -0.39 is 0 Å². The van der Waals surface area contributed by atoms with Crippen molar-refractivity contribution in [2.45, 2.75) is 51.5 Å². The highest BCUT2D eigenvalue weighted by molar-refractivity contribution is 9.10. The summed E-state index contributed by atoms with van der Waals surface area (Å²) >= 11 is 3.61. The van der Waals surface area contributed by atoms with Gasteiger partial charge in [0.05, 0.1) is 11.2 Å². The van der Waals surface area contributed by atoms with Crippen molar-refractivity contribution in [2.24, 2.45) is 5.73 Å². The highest BCUT2D eigenvalue weighted by atomic mass is 79.9. The van der Waals surface area contributed by atoms with E-state index in [9.17, 15) is 0 Å². The number of rotatable bonds is 7. The van der Waals surface area contributed by atoms with Crippen LogP contribution in [0.4, 0.5) is 0 Å². The Balaban J connectivity index is 2.02. The minimum absolute atomic E-state index is 0.0237. The number of pyridine rings is 1. The molecule has 2 N–H and O–H groups in total. The molecule has 20 heavy (non-hydrogen) atoms. The molecule has 2 nitrogen and oxygen atoms in total. The Morgan fingerprint density at radius 1 is 1.15 bits per heavy atom. The lowest BCUT2D eigenvalue weighted by Gasteiger charge is -2.14. The Labute approximate surface area is 129 Å². The van der Waals surface area contributed by atoms with Gasteiger partial charge in [-0.2, -0.15) is 0 Å². The summed E-state index contributed by atoms with van der Waals surface area (Å²) in [4.78, 5) is 4.72. The summed E-state index contributed by atoms with van der Waals surface area (Å²) in [5.74, 6) is 0. The van der Waals surface area contributed by atoms with Crippen molar-refractivity contribution in [2.75, 3.05) is 0 Å². The Bertz CT molecular complexity index is 554. The summed E-state index contributed by atoms with van der Waals surface area (Å²) in [7, 11) is 0. The van der Waals surface area contributed by atoms with Crippen molar-refractivity contribution in [3.05, 3.63) is 40.5 Å². The minimum atomic E-state index is 0.0237. The molecule has 2 rings (SSSR count). The third-order valence-electron chi connectivity index (χ3n) is 3.67. The quantitative estimate of drug-likeness (QED) is 0.692. The van der Waals surface area contributed by atoms with Crippen molar-refractivity contribution in [3.63, 3.8) is 0 Å². The molecule has 0 aliphatic rings. The summed E-state index contributed by atoms with van der Waals surface area (Å²) in [5, 5.41) is 1.15. The maximum Gasteiger partial charge on any atom is 0.0720 e. The average molecular weight is 335 g/mol. The van der Waals surface area contributed by atoms with Gasteiger partial charge in [-0.3, -0.25) is 0 Å². The molecule has 1 heterocycles. The van der Waals surface area contributed by atoms with Gasteiger partial charge in [-0.25, -0.2) is 4.98 Å². The van der Waals surface area contributed by atoms with Crippen LogP contribution in [0.5, 0.6) is 0 Å². The smallest absolute Gasteiger partial charge is 0.0720 e. The Hall–Kier alpha value is -0.930. The maximum absolute atomic E-state index is 6.31. The van der Waals surface area contributed by atoms with E-state index in [2.05, 4.69) is 35.0 Å². The summed E-state index contributed by atoms with van der Waals surface area (Å²) in [5.41, 5.74) is 8.31. The Morgan fingerprint density at radius 3 is 2.70 bits per heavy atom. The molecule has 0 amide bonds. The van der Waals surface area contributed by atoms with E-state index in [-0.39, 0.29) is 6.04 Å². The van der Waals surface area contributed by atoms with Crippen LogP contribution in [-0.2, 0) is 0 Å². The monoisotopic (exact) mass is 334 g/mol. The van der Waals surface area contributed by atoms with Crippen LogP contribution >= 0.6 is 15.9 Å². The molecule has 0 fully saturated rings. The van der Waals surface area contributed by atoms with Crippen molar-refractivity contribution < 1.29 is 0 Å². The van der Waals surface area contributed by atoms with Gasteiger partial charge in [0.2, 0.25) is 0 Å². The van der Waals surface area contributed by atoms with Gasteiger partial charge in [-0.05, 0) is 34.5 Å². The normalized spacial score (nSPS) is 12.8. The molecule has 1 aromatic heterocycles. The Morgan fingerprint density at radius 2 is 1.90 bits per heavy atom. The summed E-state index contributed by atoms with van der Waals surface area (Å²) in [6, 6.07) is 10.3. The maximum atomic E-state index is 6.31. The van der Waals surface area contributed by atoms with Gasteiger partial charge in [0.1, 0.15) is 0 Å². The van der Waals surface area contributed by atoms with Crippen LogP contribution in [0.1, 0.15) is 57.2 Å². The van der Waals surface area contributed by atoms with Crippen molar-refractivity contribution >= 4 is 26.8 Å². The highest BCUT2D eigenvalue weighted by Gasteiger charge is 2.12. The molecule has 108 valence electrons. The third-order valence-corrected chi connectivity index (χ3v) is 4.31. The van der Waals surface area contributed by atoms with Gasteiger partial charge in [0.25, 0.3) is 0 Å². The molecule has 0 spiro atoms. The summed E-state index contributed by atoms with van der Waals surface area (Å²) in [6.45, 7) is 2.24. The van der Waals surface area contributed by atoms with Gasteiger partial charge in [0.15, 0.2) is 0 Å². The van der Waals surface area contributed by atoms with Crippen LogP contribution < -0.4 is 5.73 Å². The molecule has 3 heteroatoms. The fourth-order valence-electron chi connectivity index (χ4n) is 2.47. The molecule has 1 unspecified atom stereocenters. The highest BCUT2D eigenvalue weighted by Crippen LogP contribution is 2.27. The van der Waals surface area contributed by atoms with Gasteiger partial charge < -0.3 is 5.73 Å². The first-order valence-electron chi connectivity index (χ1n) is 7.53. The second kappa shape index (κ2) is 7.75. The van der Waals surface area contributed by atoms with Crippen LogP contribution in [0, 0.1) is 0 Å². The fraction of sp³-hybridized carbons (Fsp3) is 0.471. The average Bonchev–Trinajstić information content (AvgIpc) is 2.46. The number of benzene rings is 1. The molecule has 2 aromatic rings. The summed E-state index contributed by atoms with van der Waals surface area (Å²) < 4.78 is 1.03. The number of halogens is 1. The lowest BCUT2D eigenvalue weighted by atomic mass is 10.0. The summed E-state index contributed by atoms with van der Waals surface area (Å²) in [6.07, 6.45) is 7.38. The molecule has 1 aromatic carbocycles. The van der Waals surface area contributed by atoms with Crippen molar-refractivity contribution in [3.8, 4) is 0 Å². The standard InChI is InChI=1S/C17H23BrN2/c1-2-3-4-5-6-10-15(19)17-14(18)12-13-9-7-8-11-16(13)20-17/h7-9,11-12,15H,2-6,10,19H2,1H3. The van der Waals surface area contributed by atoms with Crippen molar-refractivity contribution in [1.82, 2.24) is 4.98 Å². The zero-order valence-corrected chi connectivity index (χ0v) is 13.7.